The van der Waals surface area contributed by atoms with Gasteiger partial charge in [0.1, 0.15) is 24.2 Å². The molecule has 0 spiro atoms. The first kappa shape index (κ1) is 14.4. The Hall–Kier alpha value is -1.52. The van der Waals surface area contributed by atoms with E-state index in [0.717, 1.165) is 22.2 Å². The highest BCUT2D eigenvalue weighted by Crippen LogP contribution is 2.31. The Kier molecular flexibility index (Phi) is 4.17. The van der Waals surface area contributed by atoms with Crippen LogP contribution in [0.4, 0.5) is 0 Å². The highest BCUT2D eigenvalue weighted by atomic mass is 79.9. The molecule has 1 aliphatic heterocycles. The van der Waals surface area contributed by atoms with Crippen molar-refractivity contribution in [3.8, 4) is 11.5 Å². The monoisotopic (exact) mass is 348 g/mol. The third kappa shape index (κ3) is 3.22. The van der Waals surface area contributed by atoms with Gasteiger partial charge in [0, 0.05) is 16.5 Å². The van der Waals surface area contributed by atoms with E-state index < -0.39 is 6.10 Å². The first-order valence-electron chi connectivity index (χ1n) is 6.98. The summed E-state index contributed by atoms with van der Waals surface area (Å²) in [6.45, 7) is 2.20. The van der Waals surface area contributed by atoms with Gasteiger partial charge in [-0.3, -0.25) is 0 Å². The van der Waals surface area contributed by atoms with Gasteiger partial charge in [0.05, 0.1) is 6.10 Å². The highest BCUT2D eigenvalue weighted by Gasteiger charge is 2.23. The number of hydrogen-bond donors (Lipinski definition) is 1. The maximum absolute atomic E-state index is 9.80. The zero-order valence-corrected chi connectivity index (χ0v) is 13.3. The van der Waals surface area contributed by atoms with Gasteiger partial charge in [-0.2, -0.15) is 0 Å². The van der Waals surface area contributed by atoms with Crippen LogP contribution in [0.2, 0.25) is 0 Å². The minimum absolute atomic E-state index is 0.0169. The van der Waals surface area contributed by atoms with Crippen LogP contribution in [-0.2, 0) is 6.42 Å². The summed E-state index contributed by atoms with van der Waals surface area (Å²) in [5, 5.41) is 9.80. The van der Waals surface area contributed by atoms with Gasteiger partial charge in [0.15, 0.2) is 0 Å². The molecule has 0 saturated heterocycles. The number of ether oxygens (including phenoxy) is 2. The molecule has 0 saturated carbocycles. The Morgan fingerprint density at radius 3 is 2.90 bits per heavy atom. The molecule has 110 valence electrons. The fourth-order valence-electron chi connectivity index (χ4n) is 2.51. The van der Waals surface area contributed by atoms with Crippen LogP contribution < -0.4 is 9.47 Å². The smallest absolute Gasteiger partial charge is 0.137 e. The molecule has 0 bridgehead atoms. The van der Waals surface area contributed by atoms with Crippen molar-refractivity contribution in [1.29, 1.82) is 0 Å². The second kappa shape index (κ2) is 6.08. The van der Waals surface area contributed by atoms with Crippen LogP contribution in [0.25, 0.3) is 0 Å². The fraction of sp³-hybridized carbons (Fsp3) is 0.294. The van der Waals surface area contributed by atoms with E-state index in [0.29, 0.717) is 12.4 Å². The molecule has 2 aromatic carbocycles. The summed E-state index contributed by atoms with van der Waals surface area (Å²) >= 11 is 3.43. The van der Waals surface area contributed by atoms with Gasteiger partial charge in [-0.25, -0.2) is 0 Å². The molecule has 1 N–H and O–H groups in total. The van der Waals surface area contributed by atoms with Crippen molar-refractivity contribution in [2.75, 3.05) is 6.61 Å². The molecule has 1 heterocycles. The summed E-state index contributed by atoms with van der Waals surface area (Å²) in [6.07, 6.45) is 0.312. The molecule has 2 aromatic rings. The van der Waals surface area contributed by atoms with Crippen molar-refractivity contribution in [2.45, 2.75) is 25.6 Å². The van der Waals surface area contributed by atoms with Gasteiger partial charge >= 0.3 is 0 Å². The second-order valence-electron chi connectivity index (χ2n) is 5.22. The Balaban J connectivity index is 1.68. The summed E-state index contributed by atoms with van der Waals surface area (Å²) in [5.74, 6) is 1.63. The van der Waals surface area contributed by atoms with E-state index in [1.807, 2.05) is 36.4 Å². The lowest BCUT2D eigenvalue weighted by Gasteiger charge is -2.16. The van der Waals surface area contributed by atoms with Crippen molar-refractivity contribution in [2.24, 2.45) is 0 Å². The average molecular weight is 349 g/mol. The number of benzene rings is 2. The van der Waals surface area contributed by atoms with Crippen molar-refractivity contribution in [3.05, 3.63) is 58.1 Å². The number of aliphatic hydroxyl groups is 1. The molecule has 21 heavy (non-hydrogen) atoms. The zero-order valence-electron chi connectivity index (χ0n) is 11.8. The van der Waals surface area contributed by atoms with Crippen LogP contribution in [0.15, 0.2) is 46.9 Å². The van der Waals surface area contributed by atoms with Gasteiger partial charge in [0.2, 0.25) is 0 Å². The van der Waals surface area contributed by atoms with Crippen LogP contribution in [0, 0.1) is 0 Å². The third-order valence-corrected chi connectivity index (χ3v) is 4.06. The van der Waals surface area contributed by atoms with E-state index in [1.54, 1.807) is 6.92 Å². The van der Waals surface area contributed by atoms with Crippen LogP contribution in [0.5, 0.6) is 11.5 Å². The van der Waals surface area contributed by atoms with Crippen molar-refractivity contribution >= 4 is 15.9 Å². The molecular weight excluding hydrogens is 332 g/mol. The largest absolute Gasteiger partial charge is 0.489 e. The van der Waals surface area contributed by atoms with E-state index in [1.165, 1.54) is 5.56 Å². The van der Waals surface area contributed by atoms with Crippen LogP contribution in [0.3, 0.4) is 0 Å². The summed E-state index contributed by atoms with van der Waals surface area (Å²) in [7, 11) is 0. The molecule has 3 nitrogen and oxygen atoms in total. The summed E-state index contributed by atoms with van der Waals surface area (Å²) in [6, 6.07) is 13.7. The van der Waals surface area contributed by atoms with Gasteiger partial charge in [-0.05, 0) is 30.7 Å². The second-order valence-corrected chi connectivity index (χ2v) is 6.14. The number of fused-ring (bicyclic) bond motifs is 1. The Morgan fingerprint density at radius 1 is 1.33 bits per heavy atom. The number of para-hydroxylation sites is 1. The van der Waals surface area contributed by atoms with Gasteiger partial charge < -0.3 is 14.6 Å². The molecule has 1 unspecified atom stereocenters. The van der Waals surface area contributed by atoms with Crippen molar-refractivity contribution in [1.82, 2.24) is 0 Å². The molecule has 4 heteroatoms. The zero-order chi connectivity index (χ0) is 14.8. The third-order valence-electron chi connectivity index (χ3n) is 3.56. The quantitative estimate of drug-likeness (QED) is 0.910. The van der Waals surface area contributed by atoms with Crippen LogP contribution >= 0.6 is 15.9 Å². The van der Waals surface area contributed by atoms with Crippen molar-refractivity contribution in [3.63, 3.8) is 0 Å². The molecule has 1 aliphatic rings. The van der Waals surface area contributed by atoms with E-state index in [-0.39, 0.29) is 6.10 Å². The molecular formula is C17H17BrO3. The summed E-state index contributed by atoms with van der Waals surface area (Å²) in [5.41, 5.74) is 2.00. The van der Waals surface area contributed by atoms with Crippen LogP contribution in [0.1, 0.15) is 24.2 Å². The number of hydrogen-bond acceptors (Lipinski definition) is 3. The molecule has 3 rings (SSSR count). The Morgan fingerprint density at radius 2 is 2.14 bits per heavy atom. The standard InChI is InChI=1S/C17H17BrO3/c1-11(19)15-7-6-13(18)9-17(15)20-10-14-8-12-4-2-3-5-16(12)21-14/h2-7,9,11,14,19H,8,10H2,1H3/t11-,14?/m0/s1. The Bertz CT molecular complexity index is 615. The average Bonchev–Trinajstić information content (AvgIpc) is 2.87. The Labute approximate surface area is 132 Å². The van der Waals surface area contributed by atoms with Gasteiger partial charge in [0.25, 0.3) is 0 Å². The topological polar surface area (TPSA) is 38.7 Å². The minimum atomic E-state index is -0.560. The maximum Gasteiger partial charge on any atom is 0.137 e. The van der Waals surface area contributed by atoms with Gasteiger partial charge in [-0.15, -0.1) is 0 Å². The van der Waals surface area contributed by atoms with Gasteiger partial charge in [-0.1, -0.05) is 40.2 Å². The van der Waals surface area contributed by atoms with E-state index in [9.17, 15) is 5.11 Å². The lowest BCUT2D eigenvalue weighted by Crippen LogP contribution is -2.22. The summed E-state index contributed by atoms with van der Waals surface area (Å²) in [4.78, 5) is 0. The number of rotatable bonds is 4. The normalized spacial score (nSPS) is 18.0. The van der Waals surface area contributed by atoms with E-state index >= 15 is 0 Å². The first-order chi connectivity index (χ1) is 10.1. The van der Waals surface area contributed by atoms with Crippen LogP contribution in [-0.4, -0.2) is 17.8 Å². The molecule has 0 amide bonds. The first-order valence-corrected chi connectivity index (χ1v) is 7.77. The maximum atomic E-state index is 9.80. The SMILES string of the molecule is C[C@H](O)c1ccc(Br)cc1OCC1Cc2ccccc2O1. The van der Waals surface area contributed by atoms with E-state index in [4.69, 9.17) is 9.47 Å². The number of halogens is 1. The van der Waals surface area contributed by atoms with E-state index in [2.05, 4.69) is 22.0 Å². The summed E-state index contributed by atoms with van der Waals surface area (Å²) < 4.78 is 12.7. The highest BCUT2D eigenvalue weighted by molar-refractivity contribution is 9.10. The predicted octanol–water partition coefficient (Wildman–Crippen LogP) is 3.88. The lowest BCUT2D eigenvalue weighted by atomic mass is 10.1. The molecule has 0 aromatic heterocycles. The predicted molar refractivity (Wildman–Crippen MR) is 84.8 cm³/mol. The molecule has 0 radical (unpaired) electrons. The minimum Gasteiger partial charge on any atom is -0.489 e. The fourth-order valence-corrected chi connectivity index (χ4v) is 2.85. The molecule has 2 atom stereocenters. The number of aliphatic hydroxyl groups excluding tert-OH is 1. The van der Waals surface area contributed by atoms with Crippen molar-refractivity contribution < 1.29 is 14.6 Å². The molecule has 0 fully saturated rings. The lowest BCUT2D eigenvalue weighted by molar-refractivity contribution is 0.141. The molecule has 0 aliphatic carbocycles.